The van der Waals surface area contributed by atoms with Gasteiger partial charge in [-0.05, 0) is 28.8 Å². The van der Waals surface area contributed by atoms with Gasteiger partial charge in [0, 0.05) is 5.88 Å². The molecule has 0 unspecified atom stereocenters. The molecule has 0 saturated carbocycles. The number of nitrogens with zero attached hydrogens (tertiary/aromatic N) is 1. The van der Waals surface area contributed by atoms with Gasteiger partial charge in [0.25, 0.3) is 0 Å². The minimum atomic E-state index is 0.544. The number of hydrogen-bond donors (Lipinski definition) is 0. The maximum atomic E-state index is 5.77. The Labute approximate surface area is 104 Å². The van der Waals surface area contributed by atoms with Gasteiger partial charge in [-0.3, -0.25) is 0 Å². The third kappa shape index (κ3) is 1.92. The van der Waals surface area contributed by atoms with E-state index in [0.29, 0.717) is 5.88 Å². The van der Waals surface area contributed by atoms with Crippen LogP contribution in [0.3, 0.4) is 0 Å². The molecule has 0 aliphatic heterocycles. The number of hydrogen-bond acceptors (Lipinski definition) is 2. The Morgan fingerprint density at radius 3 is 2.53 bits per heavy atom. The van der Waals surface area contributed by atoms with Crippen LogP contribution < -0.4 is 0 Å². The van der Waals surface area contributed by atoms with Gasteiger partial charge in [0.05, 0.1) is 0 Å². The maximum absolute atomic E-state index is 5.77. The number of halogens is 1. The minimum absolute atomic E-state index is 0.544. The van der Waals surface area contributed by atoms with E-state index in [0.717, 1.165) is 27.8 Å². The van der Waals surface area contributed by atoms with Crippen LogP contribution in [0.15, 0.2) is 53.3 Å². The lowest BCUT2D eigenvalue weighted by Gasteiger charge is -2.02. The molecule has 0 bridgehead atoms. The second-order valence-corrected chi connectivity index (χ2v) is 4.13. The van der Waals surface area contributed by atoms with Gasteiger partial charge in [0.15, 0.2) is 12.0 Å². The van der Waals surface area contributed by atoms with Crippen molar-refractivity contribution in [2.24, 2.45) is 0 Å². The summed E-state index contributed by atoms with van der Waals surface area (Å²) in [6.07, 6.45) is 1.46. The Hall–Kier alpha value is -1.80. The predicted octanol–water partition coefficient (Wildman–Crippen LogP) is 4.23. The number of oxazole rings is 1. The Morgan fingerprint density at radius 2 is 1.76 bits per heavy atom. The highest BCUT2D eigenvalue weighted by molar-refractivity contribution is 6.17. The van der Waals surface area contributed by atoms with E-state index in [2.05, 4.69) is 17.1 Å². The van der Waals surface area contributed by atoms with Gasteiger partial charge in [-0.2, -0.15) is 0 Å². The van der Waals surface area contributed by atoms with Gasteiger partial charge in [-0.25, -0.2) is 4.98 Å². The molecular formula is C14H10ClNO. The molecule has 0 aliphatic carbocycles. The summed E-state index contributed by atoms with van der Waals surface area (Å²) in [4.78, 5) is 4.15. The number of rotatable bonds is 2. The SMILES string of the molecule is ClCc1ccc(-c2ccc3ocnc3c2)cc1. The van der Waals surface area contributed by atoms with E-state index in [9.17, 15) is 0 Å². The van der Waals surface area contributed by atoms with Crippen LogP contribution >= 0.6 is 11.6 Å². The van der Waals surface area contributed by atoms with E-state index >= 15 is 0 Å². The summed E-state index contributed by atoms with van der Waals surface area (Å²) >= 11 is 5.77. The summed E-state index contributed by atoms with van der Waals surface area (Å²) in [6.45, 7) is 0. The molecule has 84 valence electrons. The van der Waals surface area contributed by atoms with Crippen molar-refractivity contribution >= 4 is 22.7 Å². The first kappa shape index (κ1) is 10.4. The average molecular weight is 244 g/mol. The summed E-state index contributed by atoms with van der Waals surface area (Å²) < 4.78 is 5.22. The first-order valence-corrected chi connectivity index (χ1v) is 5.89. The lowest BCUT2D eigenvalue weighted by Crippen LogP contribution is -1.80. The number of alkyl halides is 1. The minimum Gasteiger partial charge on any atom is -0.443 e. The summed E-state index contributed by atoms with van der Waals surface area (Å²) in [7, 11) is 0. The first-order chi connectivity index (χ1) is 8.36. The van der Waals surface area contributed by atoms with E-state index < -0.39 is 0 Å². The smallest absolute Gasteiger partial charge is 0.181 e. The van der Waals surface area contributed by atoms with Gasteiger partial charge in [-0.15, -0.1) is 11.6 Å². The predicted molar refractivity (Wildman–Crippen MR) is 69.0 cm³/mol. The maximum Gasteiger partial charge on any atom is 0.181 e. The molecule has 0 fully saturated rings. The van der Waals surface area contributed by atoms with Crippen LogP contribution in [0.5, 0.6) is 0 Å². The van der Waals surface area contributed by atoms with E-state index in [1.165, 1.54) is 6.39 Å². The summed E-state index contributed by atoms with van der Waals surface area (Å²) in [5, 5.41) is 0. The highest BCUT2D eigenvalue weighted by atomic mass is 35.5. The third-order valence-electron chi connectivity index (χ3n) is 2.77. The second kappa shape index (κ2) is 4.22. The standard InChI is InChI=1S/C14H10ClNO/c15-8-10-1-3-11(4-2-10)12-5-6-14-13(7-12)16-9-17-14/h1-7,9H,8H2. The fourth-order valence-electron chi connectivity index (χ4n) is 1.82. The zero-order valence-electron chi connectivity index (χ0n) is 9.06. The van der Waals surface area contributed by atoms with Crippen molar-refractivity contribution in [2.75, 3.05) is 0 Å². The number of fused-ring (bicyclic) bond motifs is 1. The Morgan fingerprint density at radius 1 is 1.00 bits per heavy atom. The molecule has 0 N–H and O–H groups in total. The zero-order chi connectivity index (χ0) is 11.7. The molecular weight excluding hydrogens is 234 g/mol. The fourth-order valence-corrected chi connectivity index (χ4v) is 2.00. The van der Waals surface area contributed by atoms with E-state index in [-0.39, 0.29) is 0 Å². The molecule has 2 aromatic carbocycles. The molecule has 1 aromatic heterocycles. The molecule has 0 aliphatic rings. The molecule has 0 saturated heterocycles. The van der Waals surface area contributed by atoms with Crippen LogP contribution in [-0.2, 0) is 5.88 Å². The van der Waals surface area contributed by atoms with E-state index in [1.54, 1.807) is 0 Å². The van der Waals surface area contributed by atoms with Crippen molar-refractivity contribution in [3.05, 3.63) is 54.4 Å². The van der Waals surface area contributed by atoms with Crippen molar-refractivity contribution < 1.29 is 4.42 Å². The molecule has 0 radical (unpaired) electrons. The second-order valence-electron chi connectivity index (χ2n) is 3.87. The van der Waals surface area contributed by atoms with Crippen molar-refractivity contribution in [2.45, 2.75) is 5.88 Å². The Balaban J connectivity index is 2.06. The molecule has 2 nitrogen and oxygen atoms in total. The van der Waals surface area contributed by atoms with Crippen LogP contribution in [0, 0.1) is 0 Å². The molecule has 0 spiro atoms. The van der Waals surface area contributed by atoms with Gasteiger partial charge in [0.1, 0.15) is 5.52 Å². The monoisotopic (exact) mass is 243 g/mol. The van der Waals surface area contributed by atoms with E-state index in [4.69, 9.17) is 16.0 Å². The number of benzene rings is 2. The van der Waals surface area contributed by atoms with Gasteiger partial charge >= 0.3 is 0 Å². The van der Waals surface area contributed by atoms with Crippen molar-refractivity contribution in [3.63, 3.8) is 0 Å². The zero-order valence-corrected chi connectivity index (χ0v) is 9.82. The average Bonchev–Trinajstić information content (AvgIpc) is 2.86. The third-order valence-corrected chi connectivity index (χ3v) is 3.08. The lowest BCUT2D eigenvalue weighted by atomic mass is 10.0. The Kier molecular flexibility index (Phi) is 2.57. The molecule has 0 amide bonds. The van der Waals surface area contributed by atoms with Gasteiger partial charge < -0.3 is 4.42 Å². The topological polar surface area (TPSA) is 26.0 Å². The molecule has 3 rings (SSSR count). The van der Waals surface area contributed by atoms with Crippen LogP contribution in [0.1, 0.15) is 5.56 Å². The van der Waals surface area contributed by atoms with Gasteiger partial charge in [-0.1, -0.05) is 30.3 Å². The van der Waals surface area contributed by atoms with Crippen molar-refractivity contribution in [1.82, 2.24) is 4.98 Å². The largest absolute Gasteiger partial charge is 0.443 e. The van der Waals surface area contributed by atoms with Crippen LogP contribution in [0.2, 0.25) is 0 Å². The molecule has 0 atom stereocenters. The highest BCUT2D eigenvalue weighted by Gasteiger charge is 2.02. The summed E-state index contributed by atoms with van der Waals surface area (Å²) in [5.41, 5.74) is 5.10. The first-order valence-electron chi connectivity index (χ1n) is 5.35. The molecule has 3 heteroatoms. The normalized spacial score (nSPS) is 10.9. The van der Waals surface area contributed by atoms with Gasteiger partial charge in [0.2, 0.25) is 0 Å². The van der Waals surface area contributed by atoms with Crippen LogP contribution in [-0.4, -0.2) is 4.98 Å². The van der Waals surface area contributed by atoms with Crippen LogP contribution in [0.4, 0.5) is 0 Å². The summed E-state index contributed by atoms with van der Waals surface area (Å²) in [5.74, 6) is 0.544. The molecule has 1 heterocycles. The highest BCUT2D eigenvalue weighted by Crippen LogP contribution is 2.24. The van der Waals surface area contributed by atoms with Crippen molar-refractivity contribution in [1.29, 1.82) is 0 Å². The Bertz CT molecular complexity index is 643. The van der Waals surface area contributed by atoms with Crippen LogP contribution in [0.25, 0.3) is 22.2 Å². The van der Waals surface area contributed by atoms with E-state index in [1.807, 2.05) is 30.3 Å². The molecule has 17 heavy (non-hydrogen) atoms. The lowest BCUT2D eigenvalue weighted by molar-refractivity contribution is 0.602. The number of aromatic nitrogens is 1. The quantitative estimate of drug-likeness (QED) is 0.630. The summed E-state index contributed by atoms with van der Waals surface area (Å²) in [6, 6.07) is 14.2. The van der Waals surface area contributed by atoms with Crippen molar-refractivity contribution in [3.8, 4) is 11.1 Å². The molecule has 3 aromatic rings. The fraction of sp³-hybridized carbons (Fsp3) is 0.0714.